The van der Waals surface area contributed by atoms with Crippen LogP contribution in [0.25, 0.3) is 10.9 Å². The molecule has 3 N–H and O–H groups in total. The summed E-state index contributed by atoms with van der Waals surface area (Å²) in [5, 5.41) is 4.36. The first-order valence-electron chi connectivity index (χ1n) is 6.42. The van der Waals surface area contributed by atoms with Gasteiger partial charge in [-0.15, -0.1) is 0 Å². The Bertz CT molecular complexity index is 833. The van der Waals surface area contributed by atoms with Gasteiger partial charge in [0.05, 0.1) is 5.52 Å². The van der Waals surface area contributed by atoms with Crippen molar-refractivity contribution in [2.45, 2.75) is 6.92 Å². The Morgan fingerprint density at radius 3 is 2.81 bits per heavy atom. The lowest BCUT2D eigenvalue weighted by atomic mass is 10.1. The number of pyridine rings is 1. The molecule has 21 heavy (non-hydrogen) atoms. The highest BCUT2D eigenvalue weighted by molar-refractivity contribution is 6.31. The van der Waals surface area contributed by atoms with Gasteiger partial charge >= 0.3 is 0 Å². The van der Waals surface area contributed by atoms with Crippen molar-refractivity contribution in [3.8, 4) is 0 Å². The molecule has 0 bridgehead atoms. The fraction of sp³-hybridized carbons (Fsp3) is 0.0625. The van der Waals surface area contributed by atoms with Crippen molar-refractivity contribution in [3.05, 3.63) is 59.0 Å². The highest BCUT2D eigenvalue weighted by atomic mass is 35.5. The van der Waals surface area contributed by atoms with Crippen LogP contribution in [0.4, 0.5) is 21.5 Å². The summed E-state index contributed by atoms with van der Waals surface area (Å²) in [5.74, 6) is -0.449. The Hall–Kier alpha value is -2.33. The average Bonchev–Trinajstić information content (AvgIpc) is 2.47. The van der Waals surface area contributed by atoms with Crippen LogP contribution in [-0.2, 0) is 0 Å². The third kappa shape index (κ3) is 2.50. The van der Waals surface area contributed by atoms with Crippen molar-refractivity contribution >= 4 is 39.6 Å². The van der Waals surface area contributed by atoms with Crippen LogP contribution >= 0.6 is 11.6 Å². The van der Waals surface area contributed by atoms with Crippen molar-refractivity contribution in [1.82, 2.24) is 4.98 Å². The van der Waals surface area contributed by atoms with Gasteiger partial charge in [-0.3, -0.25) is 4.98 Å². The van der Waals surface area contributed by atoms with E-state index in [9.17, 15) is 4.39 Å². The molecule has 0 atom stereocenters. The van der Waals surface area contributed by atoms with E-state index in [0.29, 0.717) is 33.0 Å². The summed E-state index contributed by atoms with van der Waals surface area (Å²) < 4.78 is 14.2. The van der Waals surface area contributed by atoms with Crippen LogP contribution in [0, 0.1) is 12.7 Å². The van der Waals surface area contributed by atoms with Crippen molar-refractivity contribution in [2.75, 3.05) is 11.1 Å². The topological polar surface area (TPSA) is 50.9 Å². The van der Waals surface area contributed by atoms with Crippen molar-refractivity contribution in [3.63, 3.8) is 0 Å². The molecule has 0 unspecified atom stereocenters. The van der Waals surface area contributed by atoms with Crippen molar-refractivity contribution < 1.29 is 4.39 Å². The Labute approximate surface area is 126 Å². The minimum atomic E-state index is -0.449. The number of benzene rings is 2. The summed E-state index contributed by atoms with van der Waals surface area (Å²) in [5.41, 5.74) is 8.64. The second kappa shape index (κ2) is 5.22. The summed E-state index contributed by atoms with van der Waals surface area (Å²) in [4.78, 5) is 4.22. The quantitative estimate of drug-likeness (QED) is 0.677. The number of halogens is 2. The SMILES string of the molecule is Cc1ccc(Nc2c(F)cc(N)c3cccnc23)cc1Cl. The van der Waals surface area contributed by atoms with Gasteiger partial charge in [-0.25, -0.2) is 4.39 Å². The van der Waals surface area contributed by atoms with E-state index in [0.717, 1.165) is 5.56 Å². The molecule has 0 saturated heterocycles. The Kier molecular flexibility index (Phi) is 3.39. The maximum atomic E-state index is 14.2. The van der Waals surface area contributed by atoms with Gasteiger partial charge in [-0.05, 0) is 42.8 Å². The monoisotopic (exact) mass is 301 g/mol. The van der Waals surface area contributed by atoms with Gasteiger partial charge in [0.1, 0.15) is 5.69 Å². The van der Waals surface area contributed by atoms with Crippen molar-refractivity contribution in [1.29, 1.82) is 0 Å². The first kappa shape index (κ1) is 13.6. The van der Waals surface area contributed by atoms with E-state index in [1.807, 2.05) is 25.1 Å². The zero-order valence-corrected chi connectivity index (χ0v) is 12.1. The Morgan fingerprint density at radius 2 is 2.05 bits per heavy atom. The molecule has 3 rings (SSSR count). The minimum Gasteiger partial charge on any atom is -0.398 e. The first-order chi connectivity index (χ1) is 10.1. The highest BCUT2D eigenvalue weighted by Gasteiger charge is 2.12. The predicted octanol–water partition coefficient (Wildman–Crippen LogP) is 4.66. The van der Waals surface area contributed by atoms with E-state index in [4.69, 9.17) is 17.3 Å². The number of aromatic nitrogens is 1. The molecule has 0 aliphatic rings. The zero-order chi connectivity index (χ0) is 15.0. The molecule has 3 nitrogen and oxygen atoms in total. The number of aryl methyl sites for hydroxylation is 1. The molecule has 0 fully saturated rings. The van der Waals surface area contributed by atoms with Crippen LogP contribution in [0.2, 0.25) is 5.02 Å². The summed E-state index contributed by atoms with van der Waals surface area (Å²) in [7, 11) is 0. The molecule has 2 aromatic carbocycles. The van der Waals surface area contributed by atoms with Crippen LogP contribution in [0.3, 0.4) is 0 Å². The molecule has 1 heterocycles. The summed E-state index contributed by atoms with van der Waals surface area (Å²) in [6.07, 6.45) is 1.61. The van der Waals surface area contributed by atoms with Gasteiger partial charge in [-0.2, -0.15) is 0 Å². The van der Waals surface area contributed by atoms with Crippen LogP contribution in [0.1, 0.15) is 5.56 Å². The minimum absolute atomic E-state index is 0.291. The smallest absolute Gasteiger partial charge is 0.150 e. The molecule has 0 amide bonds. The summed E-state index contributed by atoms with van der Waals surface area (Å²) in [6.45, 7) is 1.91. The molecular formula is C16H13ClFN3. The number of hydrogen-bond acceptors (Lipinski definition) is 3. The van der Waals surface area contributed by atoms with E-state index >= 15 is 0 Å². The Balaban J connectivity index is 2.14. The lowest BCUT2D eigenvalue weighted by Crippen LogP contribution is -1.99. The van der Waals surface area contributed by atoms with Gasteiger partial charge < -0.3 is 11.1 Å². The molecule has 3 aromatic rings. The van der Waals surface area contributed by atoms with Crippen LogP contribution in [0.15, 0.2) is 42.6 Å². The zero-order valence-electron chi connectivity index (χ0n) is 11.3. The third-order valence-electron chi connectivity index (χ3n) is 3.32. The fourth-order valence-corrected chi connectivity index (χ4v) is 2.35. The van der Waals surface area contributed by atoms with E-state index in [2.05, 4.69) is 10.3 Å². The number of rotatable bonds is 2. The third-order valence-corrected chi connectivity index (χ3v) is 3.72. The standard InChI is InChI=1S/C16H13ClFN3/c1-9-4-5-10(7-12(9)17)21-16-13(18)8-14(19)11-3-2-6-20-15(11)16/h2-8,21H,19H2,1H3. The Morgan fingerprint density at radius 1 is 1.24 bits per heavy atom. The van der Waals surface area contributed by atoms with E-state index in [1.54, 1.807) is 18.3 Å². The highest BCUT2D eigenvalue weighted by Crippen LogP contribution is 2.32. The molecule has 0 aliphatic carbocycles. The normalized spacial score (nSPS) is 10.8. The van der Waals surface area contributed by atoms with Gasteiger partial charge in [0.15, 0.2) is 5.82 Å². The number of nitrogens with one attached hydrogen (secondary N) is 1. The van der Waals surface area contributed by atoms with Gasteiger partial charge in [0.25, 0.3) is 0 Å². The maximum absolute atomic E-state index is 14.2. The second-order valence-corrected chi connectivity index (χ2v) is 5.22. The molecule has 0 spiro atoms. The largest absolute Gasteiger partial charge is 0.398 e. The summed E-state index contributed by atoms with van der Waals surface area (Å²) >= 11 is 6.09. The van der Waals surface area contributed by atoms with Gasteiger partial charge in [-0.1, -0.05) is 17.7 Å². The molecule has 0 saturated carbocycles. The number of nitrogen functional groups attached to an aromatic ring is 1. The van der Waals surface area contributed by atoms with Crippen molar-refractivity contribution in [2.24, 2.45) is 0 Å². The van der Waals surface area contributed by atoms with E-state index in [-0.39, 0.29) is 0 Å². The molecule has 0 aliphatic heterocycles. The van der Waals surface area contributed by atoms with Crippen LogP contribution in [0.5, 0.6) is 0 Å². The number of nitrogens with zero attached hydrogens (tertiary/aromatic N) is 1. The molecule has 5 heteroatoms. The van der Waals surface area contributed by atoms with Gasteiger partial charge in [0.2, 0.25) is 0 Å². The number of hydrogen-bond donors (Lipinski definition) is 2. The van der Waals surface area contributed by atoms with Crippen LogP contribution < -0.4 is 11.1 Å². The molecule has 1 aromatic heterocycles. The number of fused-ring (bicyclic) bond motifs is 1. The van der Waals surface area contributed by atoms with E-state index < -0.39 is 5.82 Å². The second-order valence-electron chi connectivity index (χ2n) is 4.81. The predicted molar refractivity (Wildman–Crippen MR) is 85.6 cm³/mol. The number of anilines is 3. The first-order valence-corrected chi connectivity index (χ1v) is 6.80. The lowest BCUT2D eigenvalue weighted by molar-refractivity contribution is 0.634. The van der Waals surface area contributed by atoms with Crippen LogP contribution in [-0.4, -0.2) is 4.98 Å². The molecule has 106 valence electrons. The lowest BCUT2D eigenvalue weighted by Gasteiger charge is -2.12. The fourth-order valence-electron chi connectivity index (χ4n) is 2.17. The number of nitrogens with two attached hydrogens (primary N) is 1. The average molecular weight is 302 g/mol. The maximum Gasteiger partial charge on any atom is 0.150 e. The molecule has 0 radical (unpaired) electrons. The molecular weight excluding hydrogens is 289 g/mol. The summed E-state index contributed by atoms with van der Waals surface area (Å²) in [6, 6.07) is 10.3. The van der Waals surface area contributed by atoms with Gasteiger partial charge in [0, 0.05) is 28.0 Å². The van der Waals surface area contributed by atoms with E-state index in [1.165, 1.54) is 6.07 Å².